The van der Waals surface area contributed by atoms with E-state index in [-0.39, 0.29) is 12.8 Å². The van der Waals surface area contributed by atoms with Crippen LogP contribution in [0.15, 0.2) is 0 Å². The number of hydrogen-bond acceptors (Lipinski definition) is 3. The van der Waals surface area contributed by atoms with E-state index in [1.165, 1.54) is 38.5 Å². The molecule has 0 bridgehead atoms. The minimum Gasteiger partial charge on any atom is -0.481 e. The molecule has 1 fully saturated rings. The predicted molar refractivity (Wildman–Crippen MR) is 69.3 cm³/mol. The van der Waals surface area contributed by atoms with Crippen LogP contribution in [0.5, 0.6) is 0 Å². The van der Waals surface area contributed by atoms with Crippen molar-refractivity contribution in [3.63, 3.8) is 0 Å². The van der Waals surface area contributed by atoms with Crippen LogP contribution < -0.4 is 5.73 Å². The Hall–Kier alpha value is -1.10. The smallest absolute Gasteiger partial charge is 0.320 e. The average Bonchev–Trinajstić information content (AvgIpc) is 3.11. The molecule has 0 aromatic carbocycles. The summed E-state index contributed by atoms with van der Waals surface area (Å²) in [4.78, 5) is 19.9. The zero-order valence-corrected chi connectivity index (χ0v) is 11.1. The summed E-state index contributed by atoms with van der Waals surface area (Å²) >= 11 is 0. The van der Waals surface area contributed by atoms with Gasteiger partial charge >= 0.3 is 11.9 Å². The third kappa shape index (κ3) is 11.4. The lowest BCUT2D eigenvalue weighted by molar-refractivity contribution is -0.139. The number of carbonyl (C=O) groups is 2. The molecule has 0 heterocycles. The summed E-state index contributed by atoms with van der Waals surface area (Å²) < 4.78 is 0. The Bertz CT molecular complexity index is 251. The van der Waals surface area contributed by atoms with Gasteiger partial charge in [0.05, 0.1) is 0 Å². The molecule has 0 aromatic rings. The molecule has 1 atom stereocenters. The second-order valence-corrected chi connectivity index (χ2v) is 4.82. The van der Waals surface area contributed by atoms with Crippen molar-refractivity contribution in [2.45, 2.75) is 64.3 Å². The topological polar surface area (TPSA) is 101 Å². The highest BCUT2D eigenvalue weighted by molar-refractivity contribution is 5.74. The van der Waals surface area contributed by atoms with Crippen molar-refractivity contribution in [1.82, 2.24) is 0 Å². The van der Waals surface area contributed by atoms with Crippen molar-refractivity contribution >= 4 is 11.9 Å². The zero-order valence-electron chi connectivity index (χ0n) is 11.1. The summed E-state index contributed by atoms with van der Waals surface area (Å²) in [5, 5.41) is 16.3. The first-order valence-corrected chi connectivity index (χ1v) is 6.67. The van der Waals surface area contributed by atoms with Gasteiger partial charge in [-0.3, -0.25) is 9.59 Å². The Morgan fingerprint density at radius 2 is 1.89 bits per heavy atom. The number of rotatable bonds is 8. The first-order valence-electron chi connectivity index (χ1n) is 6.67. The molecular weight excluding hydrogens is 234 g/mol. The third-order valence-corrected chi connectivity index (χ3v) is 2.90. The summed E-state index contributed by atoms with van der Waals surface area (Å²) in [5.41, 5.74) is 5.00. The standard InChI is InChI=1S/C8H16.C5H9NO4/c1-2-3-4-5-8-6-7-8;6-3(5(9)10)1-2-4(7)8/h8H,2-7H2,1H3;3H,1-2,6H2,(H,7,8)(H,9,10)/t;3-/m.0/s1. The first-order chi connectivity index (χ1) is 8.47. The molecule has 0 aromatic heterocycles. The van der Waals surface area contributed by atoms with Crippen LogP contribution in [0.1, 0.15) is 58.3 Å². The number of unbranched alkanes of at least 4 members (excludes halogenated alkanes) is 2. The van der Waals surface area contributed by atoms with E-state index >= 15 is 0 Å². The van der Waals surface area contributed by atoms with Gasteiger partial charge in [0, 0.05) is 6.42 Å². The van der Waals surface area contributed by atoms with Gasteiger partial charge in [-0.15, -0.1) is 0 Å². The maximum absolute atomic E-state index is 9.99. The van der Waals surface area contributed by atoms with Gasteiger partial charge in [-0.25, -0.2) is 0 Å². The maximum Gasteiger partial charge on any atom is 0.320 e. The Kier molecular flexibility index (Phi) is 9.28. The molecule has 1 rings (SSSR count). The number of carboxylic acid groups (broad SMARTS) is 2. The molecule has 0 saturated heterocycles. The Morgan fingerprint density at radius 3 is 2.28 bits per heavy atom. The van der Waals surface area contributed by atoms with Gasteiger partial charge in [0.25, 0.3) is 0 Å². The van der Waals surface area contributed by atoms with Gasteiger partial charge < -0.3 is 15.9 Å². The molecule has 106 valence electrons. The zero-order chi connectivity index (χ0) is 14.0. The largest absolute Gasteiger partial charge is 0.481 e. The predicted octanol–water partition coefficient (Wildman–Crippen LogP) is 2.24. The van der Waals surface area contributed by atoms with E-state index in [2.05, 4.69) is 6.92 Å². The average molecular weight is 259 g/mol. The number of carboxylic acids is 2. The lowest BCUT2D eigenvalue weighted by atomic mass is 10.1. The monoisotopic (exact) mass is 259 g/mol. The van der Waals surface area contributed by atoms with Crippen LogP contribution >= 0.6 is 0 Å². The molecule has 0 unspecified atom stereocenters. The van der Waals surface area contributed by atoms with E-state index in [0.717, 1.165) is 5.92 Å². The molecule has 1 aliphatic carbocycles. The second kappa shape index (κ2) is 9.88. The molecule has 0 radical (unpaired) electrons. The highest BCUT2D eigenvalue weighted by Crippen LogP contribution is 2.33. The Labute approximate surface area is 108 Å². The van der Waals surface area contributed by atoms with E-state index in [0.29, 0.717) is 0 Å². The van der Waals surface area contributed by atoms with Crippen LogP contribution in [0.25, 0.3) is 0 Å². The van der Waals surface area contributed by atoms with Crippen molar-refractivity contribution in [2.75, 3.05) is 0 Å². The van der Waals surface area contributed by atoms with E-state index in [9.17, 15) is 9.59 Å². The van der Waals surface area contributed by atoms with E-state index in [4.69, 9.17) is 15.9 Å². The fourth-order valence-electron chi connectivity index (χ4n) is 1.49. The molecule has 0 spiro atoms. The van der Waals surface area contributed by atoms with Crippen molar-refractivity contribution in [3.8, 4) is 0 Å². The van der Waals surface area contributed by atoms with Gasteiger partial charge in [-0.05, 0) is 12.3 Å². The fourth-order valence-corrected chi connectivity index (χ4v) is 1.49. The molecule has 18 heavy (non-hydrogen) atoms. The lowest BCUT2D eigenvalue weighted by Crippen LogP contribution is -2.30. The number of aliphatic carboxylic acids is 2. The van der Waals surface area contributed by atoms with Crippen LogP contribution in [-0.2, 0) is 9.59 Å². The minimum absolute atomic E-state index is 0.0231. The molecule has 0 aliphatic heterocycles. The molecular formula is C13H25NO4. The lowest BCUT2D eigenvalue weighted by Gasteiger charge is -2.01. The van der Waals surface area contributed by atoms with Crippen LogP contribution in [0, 0.1) is 5.92 Å². The SMILES string of the molecule is CCCCCC1CC1.N[C@@H](CCC(=O)O)C(=O)O. The first kappa shape index (κ1) is 16.9. The molecule has 5 heteroatoms. The van der Waals surface area contributed by atoms with Gasteiger partial charge in [0.15, 0.2) is 0 Å². The Balaban J connectivity index is 0.000000327. The van der Waals surface area contributed by atoms with Crippen molar-refractivity contribution in [3.05, 3.63) is 0 Å². The van der Waals surface area contributed by atoms with Crippen molar-refractivity contribution < 1.29 is 19.8 Å². The third-order valence-electron chi connectivity index (χ3n) is 2.90. The molecule has 1 saturated carbocycles. The highest BCUT2D eigenvalue weighted by atomic mass is 16.4. The molecule has 1 aliphatic rings. The van der Waals surface area contributed by atoms with Gasteiger partial charge in [0.2, 0.25) is 0 Å². The highest BCUT2D eigenvalue weighted by Gasteiger charge is 2.19. The van der Waals surface area contributed by atoms with Gasteiger partial charge in [-0.2, -0.15) is 0 Å². The van der Waals surface area contributed by atoms with Gasteiger partial charge in [-0.1, -0.05) is 45.4 Å². The molecule has 4 N–H and O–H groups in total. The summed E-state index contributed by atoms with van der Waals surface area (Å²) in [5.74, 6) is -1.04. The van der Waals surface area contributed by atoms with Crippen molar-refractivity contribution in [1.29, 1.82) is 0 Å². The molecule has 0 amide bonds. The summed E-state index contributed by atoms with van der Waals surface area (Å²) in [6.45, 7) is 2.27. The van der Waals surface area contributed by atoms with E-state index in [1.54, 1.807) is 0 Å². The number of hydrogen-bond donors (Lipinski definition) is 3. The van der Waals surface area contributed by atoms with Crippen molar-refractivity contribution in [2.24, 2.45) is 11.7 Å². The summed E-state index contributed by atoms with van der Waals surface area (Å²) in [6, 6.07) is -1.06. The van der Waals surface area contributed by atoms with Crippen LogP contribution in [0.3, 0.4) is 0 Å². The number of nitrogens with two attached hydrogens (primary N) is 1. The minimum atomic E-state index is -1.17. The maximum atomic E-state index is 9.99. The second-order valence-electron chi connectivity index (χ2n) is 4.82. The van der Waals surface area contributed by atoms with Crippen LogP contribution in [0.2, 0.25) is 0 Å². The fraction of sp³-hybridized carbons (Fsp3) is 0.846. The normalized spacial score (nSPS) is 15.4. The Morgan fingerprint density at radius 1 is 1.28 bits per heavy atom. The van der Waals surface area contributed by atoms with Crippen LogP contribution in [0.4, 0.5) is 0 Å². The molecule has 5 nitrogen and oxygen atoms in total. The van der Waals surface area contributed by atoms with E-state index < -0.39 is 18.0 Å². The van der Waals surface area contributed by atoms with Crippen LogP contribution in [-0.4, -0.2) is 28.2 Å². The quantitative estimate of drug-likeness (QED) is 0.580. The summed E-state index contributed by atoms with van der Waals surface area (Å²) in [6.07, 6.45) is 8.68. The van der Waals surface area contributed by atoms with Gasteiger partial charge in [0.1, 0.15) is 6.04 Å². The summed E-state index contributed by atoms with van der Waals surface area (Å²) in [7, 11) is 0. The van der Waals surface area contributed by atoms with E-state index in [1.807, 2.05) is 0 Å².